The lowest BCUT2D eigenvalue weighted by molar-refractivity contribution is 0.0943. The number of carbonyl (C=O) groups excluding carboxylic acids is 1. The van der Waals surface area contributed by atoms with Gasteiger partial charge >= 0.3 is 0 Å². The van der Waals surface area contributed by atoms with Crippen LogP contribution < -0.4 is 10.1 Å². The molecule has 0 radical (unpaired) electrons. The van der Waals surface area contributed by atoms with Gasteiger partial charge in [0.25, 0.3) is 5.91 Å². The number of hydrogen-bond donors (Lipinski definition) is 1. The first-order valence-electron chi connectivity index (χ1n) is 10.1. The maximum atomic E-state index is 12.9. The largest absolute Gasteiger partial charge is 0.494 e. The molecule has 2 aromatic heterocycles. The van der Waals surface area contributed by atoms with Gasteiger partial charge in [-0.25, -0.2) is 9.97 Å². The van der Waals surface area contributed by atoms with Crippen molar-refractivity contribution in [3.8, 4) is 22.0 Å². The first-order chi connectivity index (χ1) is 15.0. The summed E-state index contributed by atoms with van der Waals surface area (Å²) < 4.78 is 7.43. The number of aromatic nitrogens is 3. The molecule has 0 aliphatic rings. The molecule has 0 aliphatic carbocycles. The number of benzene rings is 2. The highest BCUT2D eigenvalue weighted by Gasteiger charge is 2.18. The summed E-state index contributed by atoms with van der Waals surface area (Å²) in [6.45, 7) is 6.43. The SMILES string of the molecule is CCOc1ccc(-c2nc(C)c(C(=O)NC(C)c3ccc(-n4ccnc4)cc3)s2)cc1. The van der Waals surface area contributed by atoms with E-state index in [1.54, 1.807) is 12.5 Å². The zero-order valence-corrected chi connectivity index (χ0v) is 18.5. The molecule has 0 spiro atoms. The number of thiazole rings is 1. The van der Waals surface area contributed by atoms with Crippen LogP contribution in [0.15, 0.2) is 67.3 Å². The van der Waals surface area contributed by atoms with Crippen LogP contribution in [0.1, 0.15) is 40.8 Å². The number of aryl methyl sites for hydroxylation is 1. The molecule has 4 rings (SSSR count). The van der Waals surface area contributed by atoms with Crippen LogP contribution in [-0.4, -0.2) is 27.0 Å². The summed E-state index contributed by atoms with van der Waals surface area (Å²) in [6.07, 6.45) is 5.40. The van der Waals surface area contributed by atoms with Crippen molar-refractivity contribution in [3.63, 3.8) is 0 Å². The van der Waals surface area contributed by atoms with Gasteiger partial charge in [0, 0.05) is 23.6 Å². The van der Waals surface area contributed by atoms with Gasteiger partial charge in [0.05, 0.1) is 24.7 Å². The van der Waals surface area contributed by atoms with E-state index in [1.165, 1.54) is 11.3 Å². The minimum Gasteiger partial charge on any atom is -0.494 e. The van der Waals surface area contributed by atoms with Crippen LogP contribution in [-0.2, 0) is 0 Å². The Labute approximate surface area is 185 Å². The van der Waals surface area contributed by atoms with E-state index in [2.05, 4.69) is 15.3 Å². The Kier molecular flexibility index (Phi) is 6.13. The standard InChI is InChI=1S/C24H24N4O2S/c1-4-30-21-11-7-19(8-12-21)24-27-17(3)22(31-24)23(29)26-16(2)18-5-9-20(10-6-18)28-14-13-25-15-28/h5-16H,4H2,1-3H3,(H,26,29). The van der Waals surface area contributed by atoms with Crippen LogP contribution in [0, 0.1) is 6.92 Å². The van der Waals surface area contributed by atoms with Gasteiger partial charge in [-0.05, 0) is 62.7 Å². The van der Waals surface area contributed by atoms with Crippen molar-refractivity contribution in [1.29, 1.82) is 0 Å². The van der Waals surface area contributed by atoms with E-state index in [0.717, 1.165) is 33.3 Å². The minimum absolute atomic E-state index is 0.113. The Morgan fingerprint density at radius 2 is 1.90 bits per heavy atom. The van der Waals surface area contributed by atoms with Crippen molar-refractivity contribution in [2.45, 2.75) is 26.8 Å². The summed E-state index contributed by atoms with van der Waals surface area (Å²) in [5, 5.41) is 3.91. The average molecular weight is 433 g/mol. The Bertz CT molecular complexity index is 1150. The first-order valence-corrected chi connectivity index (χ1v) is 11.0. The number of imidazole rings is 1. The van der Waals surface area contributed by atoms with Gasteiger partial charge in [0.1, 0.15) is 15.6 Å². The maximum absolute atomic E-state index is 12.9. The molecule has 2 heterocycles. The van der Waals surface area contributed by atoms with Crippen LogP contribution >= 0.6 is 11.3 Å². The molecule has 1 N–H and O–H groups in total. The fourth-order valence-electron chi connectivity index (χ4n) is 3.28. The minimum atomic E-state index is -0.125. The highest BCUT2D eigenvalue weighted by Crippen LogP contribution is 2.29. The average Bonchev–Trinajstić information content (AvgIpc) is 3.45. The van der Waals surface area contributed by atoms with Crippen molar-refractivity contribution in [2.24, 2.45) is 0 Å². The Morgan fingerprint density at radius 1 is 1.16 bits per heavy atom. The zero-order valence-electron chi connectivity index (χ0n) is 17.7. The Hall–Kier alpha value is -3.45. The highest BCUT2D eigenvalue weighted by atomic mass is 32.1. The van der Waals surface area contributed by atoms with Crippen molar-refractivity contribution < 1.29 is 9.53 Å². The number of rotatable bonds is 7. The quantitative estimate of drug-likeness (QED) is 0.436. The number of hydrogen-bond acceptors (Lipinski definition) is 5. The van der Waals surface area contributed by atoms with Gasteiger partial charge < -0.3 is 14.6 Å². The smallest absolute Gasteiger partial charge is 0.263 e. The third kappa shape index (κ3) is 4.67. The number of amides is 1. The number of nitrogens with zero attached hydrogens (tertiary/aromatic N) is 3. The van der Waals surface area contributed by atoms with Crippen molar-refractivity contribution >= 4 is 17.2 Å². The molecule has 158 valence electrons. The topological polar surface area (TPSA) is 69.0 Å². The lowest BCUT2D eigenvalue weighted by atomic mass is 10.1. The third-order valence-corrected chi connectivity index (χ3v) is 6.16. The number of nitrogens with one attached hydrogen (secondary N) is 1. The van der Waals surface area contributed by atoms with Crippen molar-refractivity contribution in [1.82, 2.24) is 19.9 Å². The molecule has 7 heteroatoms. The summed E-state index contributed by atoms with van der Waals surface area (Å²) in [7, 11) is 0. The van der Waals surface area contributed by atoms with Gasteiger partial charge in [0.2, 0.25) is 0 Å². The fourth-order valence-corrected chi connectivity index (χ4v) is 4.26. The maximum Gasteiger partial charge on any atom is 0.263 e. The number of ether oxygens (including phenoxy) is 1. The van der Waals surface area contributed by atoms with Crippen molar-refractivity contribution in [3.05, 3.63) is 83.4 Å². The van der Waals surface area contributed by atoms with E-state index < -0.39 is 0 Å². The molecule has 0 saturated heterocycles. The molecule has 1 atom stereocenters. The summed E-state index contributed by atoms with van der Waals surface area (Å²) >= 11 is 1.40. The van der Waals surface area contributed by atoms with E-state index in [0.29, 0.717) is 11.5 Å². The van der Waals surface area contributed by atoms with Crippen LogP contribution in [0.25, 0.3) is 16.3 Å². The second kappa shape index (κ2) is 9.14. The van der Waals surface area contributed by atoms with Crippen LogP contribution in [0.2, 0.25) is 0 Å². The van der Waals surface area contributed by atoms with E-state index in [9.17, 15) is 4.79 Å². The lowest BCUT2D eigenvalue weighted by Gasteiger charge is -2.14. The van der Waals surface area contributed by atoms with Crippen LogP contribution in [0.4, 0.5) is 0 Å². The molecule has 1 unspecified atom stereocenters. The monoisotopic (exact) mass is 432 g/mol. The zero-order chi connectivity index (χ0) is 21.8. The summed E-state index contributed by atoms with van der Waals surface area (Å²) in [6, 6.07) is 15.7. The van der Waals surface area contributed by atoms with E-state index in [-0.39, 0.29) is 11.9 Å². The predicted molar refractivity (Wildman–Crippen MR) is 123 cm³/mol. The van der Waals surface area contributed by atoms with Gasteiger partial charge in [-0.1, -0.05) is 12.1 Å². The first kappa shape index (κ1) is 20.8. The lowest BCUT2D eigenvalue weighted by Crippen LogP contribution is -2.26. The van der Waals surface area contributed by atoms with Gasteiger partial charge in [-0.2, -0.15) is 0 Å². The predicted octanol–water partition coefficient (Wildman–Crippen LogP) is 5.19. The molecule has 6 nitrogen and oxygen atoms in total. The molecule has 2 aromatic carbocycles. The molecule has 0 fully saturated rings. The Morgan fingerprint density at radius 3 is 2.55 bits per heavy atom. The molecule has 1 amide bonds. The second-order valence-electron chi connectivity index (χ2n) is 7.15. The van der Waals surface area contributed by atoms with Gasteiger partial charge in [-0.3, -0.25) is 4.79 Å². The summed E-state index contributed by atoms with van der Waals surface area (Å²) in [4.78, 5) is 22.2. The van der Waals surface area contributed by atoms with Crippen LogP contribution in [0.5, 0.6) is 5.75 Å². The van der Waals surface area contributed by atoms with E-state index in [1.807, 2.05) is 80.1 Å². The van der Waals surface area contributed by atoms with E-state index in [4.69, 9.17) is 4.74 Å². The molecule has 31 heavy (non-hydrogen) atoms. The van der Waals surface area contributed by atoms with Crippen molar-refractivity contribution in [2.75, 3.05) is 6.61 Å². The normalized spacial score (nSPS) is 11.8. The summed E-state index contributed by atoms with van der Waals surface area (Å²) in [5.74, 6) is 0.712. The van der Waals surface area contributed by atoms with Crippen LogP contribution in [0.3, 0.4) is 0 Å². The third-order valence-electron chi connectivity index (χ3n) is 4.96. The molecule has 0 saturated carbocycles. The fraction of sp³-hybridized carbons (Fsp3) is 0.208. The molecular formula is C24H24N4O2S. The summed E-state index contributed by atoms with van der Waals surface area (Å²) in [5.41, 5.74) is 3.76. The molecular weight excluding hydrogens is 408 g/mol. The second-order valence-corrected chi connectivity index (χ2v) is 8.15. The Balaban J connectivity index is 1.45. The van der Waals surface area contributed by atoms with Gasteiger partial charge in [0.15, 0.2) is 0 Å². The van der Waals surface area contributed by atoms with Gasteiger partial charge in [-0.15, -0.1) is 11.3 Å². The molecule has 0 bridgehead atoms. The molecule has 4 aromatic rings. The van der Waals surface area contributed by atoms with E-state index >= 15 is 0 Å². The molecule has 0 aliphatic heterocycles. The number of carbonyl (C=O) groups is 1. The highest BCUT2D eigenvalue weighted by molar-refractivity contribution is 7.17.